The van der Waals surface area contributed by atoms with Crippen LogP contribution in [-0.2, 0) is 6.18 Å². The zero-order valence-corrected chi connectivity index (χ0v) is 6.46. The summed E-state index contributed by atoms with van der Waals surface area (Å²) in [5.74, 6) is -2.70. The fraction of sp³-hybridized carbons (Fsp3) is 0.143. The highest BCUT2D eigenvalue weighted by Crippen LogP contribution is 2.34. The second kappa shape index (κ2) is 3.17. The molecule has 1 rings (SSSR count). The van der Waals surface area contributed by atoms with Gasteiger partial charge in [0.05, 0.1) is 0 Å². The van der Waals surface area contributed by atoms with Gasteiger partial charge in [-0.25, -0.2) is 4.79 Å². The SMILES string of the molecule is O=Cc1occ(C(F)(F)F)c1C(=O)O. The van der Waals surface area contributed by atoms with Crippen molar-refractivity contribution in [1.29, 1.82) is 0 Å². The standard InChI is InChI=1S/C7H3F3O4/c8-7(9,10)3-2-14-4(1-11)5(3)6(12)13/h1-2H,(H,12,13). The zero-order valence-electron chi connectivity index (χ0n) is 6.46. The van der Waals surface area contributed by atoms with Gasteiger partial charge in [0.1, 0.15) is 17.4 Å². The van der Waals surface area contributed by atoms with Crippen LogP contribution in [0.1, 0.15) is 26.5 Å². The molecule has 1 aromatic heterocycles. The monoisotopic (exact) mass is 208 g/mol. The van der Waals surface area contributed by atoms with Crippen molar-refractivity contribution in [3.63, 3.8) is 0 Å². The molecule has 0 bridgehead atoms. The van der Waals surface area contributed by atoms with Crippen LogP contribution in [0.15, 0.2) is 10.7 Å². The Morgan fingerprint density at radius 1 is 1.50 bits per heavy atom. The van der Waals surface area contributed by atoms with Crippen LogP contribution in [0.3, 0.4) is 0 Å². The highest BCUT2D eigenvalue weighted by Gasteiger charge is 2.39. The van der Waals surface area contributed by atoms with Crippen molar-refractivity contribution in [3.8, 4) is 0 Å². The smallest absolute Gasteiger partial charge is 0.420 e. The van der Waals surface area contributed by atoms with Crippen LogP contribution in [0, 0.1) is 0 Å². The number of alkyl halides is 3. The number of hydrogen-bond donors (Lipinski definition) is 1. The Labute approximate surface area is 74.9 Å². The minimum Gasteiger partial charge on any atom is -0.478 e. The zero-order chi connectivity index (χ0) is 10.9. The van der Waals surface area contributed by atoms with Crippen LogP contribution in [-0.4, -0.2) is 17.4 Å². The average molecular weight is 208 g/mol. The fourth-order valence-corrected chi connectivity index (χ4v) is 0.889. The summed E-state index contributed by atoms with van der Waals surface area (Å²) in [5, 5.41) is 8.41. The molecule has 0 radical (unpaired) electrons. The van der Waals surface area contributed by atoms with Crippen molar-refractivity contribution in [2.24, 2.45) is 0 Å². The first kappa shape index (κ1) is 10.3. The summed E-state index contributed by atoms with van der Waals surface area (Å²) < 4.78 is 40.5. The molecule has 0 amide bonds. The quantitative estimate of drug-likeness (QED) is 0.752. The number of hydrogen-bond acceptors (Lipinski definition) is 3. The maximum absolute atomic E-state index is 12.1. The van der Waals surface area contributed by atoms with E-state index in [9.17, 15) is 22.8 Å². The molecule has 14 heavy (non-hydrogen) atoms. The molecule has 0 fully saturated rings. The summed E-state index contributed by atoms with van der Waals surface area (Å²) in [6.45, 7) is 0. The minimum absolute atomic E-state index is 0.0846. The Morgan fingerprint density at radius 3 is 2.43 bits per heavy atom. The van der Waals surface area contributed by atoms with E-state index in [1.165, 1.54) is 0 Å². The lowest BCUT2D eigenvalue weighted by molar-refractivity contribution is -0.138. The minimum atomic E-state index is -4.85. The van der Waals surface area contributed by atoms with E-state index in [1.54, 1.807) is 0 Å². The Balaban J connectivity index is 3.39. The number of rotatable bonds is 2. The van der Waals surface area contributed by atoms with Gasteiger partial charge in [-0.1, -0.05) is 0 Å². The molecule has 1 heterocycles. The normalized spacial score (nSPS) is 11.4. The fourth-order valence-electron chi connectivity index (χ4n) is 0.889. The first-order valence-corrected chi connectivity index (χ1v) is 3.25. The third kappa shape index (κ3) is 1.61. The molecule has 1 aromatic rings. The summed E-state index contributed by atoms with van der Waals surface area (Å²) in [5.41, 5.74) is -2.63. The number of halogens is 3. The van der Waals surface area contributed by atoms with Gasteiger partial charge in [0.25, 0.3) is 0 Å². The first-order chi connectivity index (χ1) is 6.38. The van der Waals surface area contributed by atoms with Crippen molar-refractivity contribution in [2.45, 2.75) is 6.18 Å². The molecule has 0 aliphatic rings. The summed E-state index contributed by atoms with van der Waals surface area (Å²) in [4.78, 5) is 20.5. The maximum atomic E-state index is 12.1. The molecule has 0 saturated carbocycles. The summed E-state index contributed by atoms with van der Waals surface area (Å²) in [6, 6.07) is 0. The molecule has 4 nitrogen and oxygen atoms in total. The Kier molecular flexibility index (Phi) is 2.33. The molecule has 0 saturated heterocycles. The number of carbonyl (C=O) groups is 2. The van der Waals surface area contributed by atoms with Gasteiger partial charge in [-0.3, -0.25) is 4.79 Å². The maximum Gasteiger partial charge on any atom is 0.420 e. The van der Waals surface area contributed by atoms with E-state index in [0.29, 0.717) is 0 Å². The molecule has 0 aliphatic carbocycles. The summed E-state index contributed by atoms with van der Waals surface area (Å²) >= 11 is 0. The summed E-state index contributed by atoms with van der Waals surface area (Å²) in [6.07, 6.45) is -4.73. The number of furan rings is 1. The lowest BCUT2D eigenvalue weighted by atomic mass is 10.1. The molecule has 0 aliphatic heterocycles. The van der Waals surface area contributed by atoms with Gasteiger partial charge in [0.2, 0.25) is 0 Å². The van der Waals surface area contributed by atoms with Crippen LogP contribution in [0.2, 0.25) is 0 Å². The number of carboxylic acid groups (broad SMARTS) is 1. The van der Waals surface area contributed by atoms with Crippen molar-refractivity contribution in [3.05, 3.63) is 23.2 Å². The predicted molar refractivity (Wildman–Crippen MR) is 36.1 cm³/mol. The topological polar surface area (TPSA) is 67.5 Å². The van der Waals surface area contributed by atoms with Gasteiger partial charge in [-0.2, -0.15) is 13.2 Å². The molecule has 0 aromatic carbocycles. The summed E-state index contributed by atoms with van der Waals surface area (Å²) in [7, 11) is 0. The second-order valence-corrected chi connectivity index (χ2v) is 2.31. The third-order valence-corrected chi connectivity index (χ3v) is 1.45. The van der Waals surface area contributed by atoms with E-state index < -0.39 is 29.0 Å². The molecule has 0 atom stereocenters. The molecule has 0 spiro atoms. The van der Waals surface area contributed by atoms with Crippen LogP contribution in [0.4, 0.5) is 13.2 Å². The first-order valence-electron chi connectivity index (χ1n) is 3.25. The lowest BCUT2D eigenvalue weighted by Crippen LogP contribution is -2.11. The lowest BCUT2D eigenvalue weighted by Gasteiger charge is -2.03. The molecule has 76 valence electrons. The second-order valence-electron chi connectivity index (χ2n) is 2.31. The number of carbonyl (C=O) groups excluding carboxylic acids is 1. The number of aromatic carboxylic acids is 1. The molecular formula is C7H3F3O4. The molecule has 7 heteroatoms. The van der Waals surface area contributed by atoms with E-state index in [1.807, 2.05) is 0 Å². The van der Waals surface area contributed by atoms with Crippen molar-refractivity contribution in [2.75, 3.05) is 0 Å². The van der Waals surface area contributed by atoms with E-state index in [2.05, 4.69) is 4.42 Å². The van der Waals surface area contributed by atoms with Gasteiger partial charge in [-0.15, -0.1) is 0 Å². The Bertz CT molecular complexity index is 377. The highest BCUT2D eigenvalue weighted by atomic mass is 19.4. The van der Waals surface area contributed by atoms with Crippen molar-refractivity contribution in [1.82, 2.24) is 0 Å². The van der Waals surface area contributed by atoms with Gasteiger partial charge >= 0.3 is 12.1 Å². The van der Waals surface area contributed by atoms with Crippen LogP contribution < -0.4 is 0 Å². The average Bonchev–Trinajstić information content (AvgIpc) is 2.45. The van der Waals surface area contributed by atoms with Crippen LogP contribution >= 0.6 is 0 Å². The van der Waals surface area contributed by atoms with Gasteiger partial charge in [-0.05, 0) is 0 Å². The van der Waals surface area contributed by atoms with Crippen LogP contribution in [0.5, 0.6) is 0 Å². The largest absolute Gasteiger partial charge is 0.478 e. The van der Waals surface area contributed by atoms with E-state index in [4.69, 9.17) is 5.11 Å². The van der Waals surface area contributed by atoms with Gasteiger partial charge < -0.3 is 9.52 Å². The van der Waals surface area contributed by atoms with Gasteiger partial charge in [0.15, 0.2) is 12.0 Å². The molecule has 1 N–H and O–H groups in total. The number of carboxylic acids is 1. The van der Waals surface area contributed by atoms with Crippen molar-refractivity contribution >= 4 is 12.3 Å². The van der Waals surface area contributed by atoms with Crippen molar-refractivity contribution < 1.29 is 32.3 Å². The third-order valence-electron chi connectivity index (χ3n) is 1.45. The van der Waals surface area contributed by atoms with E-state index in [-0.39, 0.29) is 12.5 Å². The molecule has 0 unspecified atom stereocenters. The molecular weight excluding hydrogens is 205 g/mol. The predicted octanol–water partition coefficient (Wildman–Crippen LogP) is 1.81. The van der Waals surface area contributed by atoms with E-state index in [0.717, 1.165) is 0 Å². The van der Waals surface area contributed by atoms with Crippen LogP contribution in [0.25, 0.3) is 0 Å². The number of aldehydes is 1. The Morgan fingerprint density at radius 2 is 2.07 bits per heavy atom. The highest BCUT2D eigenvalue weighted by molar-refractivity contribution is 5.97. The van der Waals surface area contributed by atoms with Gasteiger partial charge in [0, 0.05) is 0 Å². The van der Waals surface area contributed by atoms with E-state index >= 15 is 0 Å². The Hall–Kier alpha value is -1.79.